The van der Waals surface area contributed by atoms with Crippen LogP contribution in [-0.4, -0.2) is 60.8 Å². The Morgan fingerprint density at radius 2 is 2.19 bits per heavy atom. The molecular formula is C11H23N3O2. The minimum atomic E-state index is -0.0349. The van der Waals surface area contributed by atoms with Crippen LogP contribution < -0.4 is 5.73 Å². The minimum absolute atomic E-state index is 0.0340. The van der Waals surface area contributed by atoms with E-state index in [0.29, 0.717) is 19.7 Å². The van der Waals surface area contributed by atoms with Crippen molar-refractivity contribution in [1.82, 2.24) is 9.80 Å². The molecule has 2 N–H and O–H groups in total. The van der Waals surface area contributed by atoms with Crippen LogP contribution in [0, 0.1) is 0 Å². The Labute approximate surface area is 97.5 Å². The number of rotatable bonds is 3. The quantitative estimate of drug-likeness (QED) is 0.766. The topological polar surface area (TPSA) is 58.8 Å². The fraction of sp³-hybridized carbons (Fsp3) is 0.909. The van der Waals surface area contributed by atoms with Gasteiger partial charge in [-0.15, -0.1) is 0 Å². The van der Waals surface area contributed by atoms with Crippen LogP contribution in [-0.2, 0) is 4.74 Å². The molecule has 5 heteroatoms. The second-order valence-corrected chi connectivity index (χ2v) is 4.17. The van der Waals surface area contributed by atoms with Crippen molar-refractivity contribution in [3.05, 3.63) is 0 Å². The lowest BCUT2D eigenvalue weighted by Gasteiger charge is -2.37. The fourth-order valence-corrected chi connectivity index (χ4v) is 1.86. The van der Waals surface area contributed by atoms with Gasteiger partial charge in [-0.1, -0.05) is 0 Å². The summed E-state index contributed by atoms with van der Waals surface area (Å²) < 4.78 is 5.53. The molecule has 1 rings (SSSR count). The van der Waals surface area contributed by atoms with Crippen LogP contribution >= 0.6 is 0 Å². The molecule has 0 radical (unpaired) electrons. The molecule has 1 heterocycles. The Balaban J connectivity index is 2.56. The van der Waals surface area contributed by atoms with E-state index in [0.717, 1.165) is 13.1 Å². The van der Waals surface area contributed by atoms with Gasteiger partial charge in [0.25, 0.3) is 0 Å². The molecule has 5 nitrogen and oxygen atoms in total. The molecule has 2 amide bonds. The molecule has 0 aromatic carbocycles. The van der Waals surface area contributed by atoms with Crippen molar-refractivity contribution in [1.29, 1.82) is 0 Å². The zero-order valence-electron chi connectivity index (χ0n) is 10.5. The Bertz CT molecular complexity index is 229. The Morgan fingerprint density at radius 3 is 2.69 bits per heavy atom. The molecule has 0 saturated carbocycles. The summed E-state index contributed by atoms with van der Waals surface area (Å²) in [4.78, 5) is 15.7. The van der Waals surface area contributed by atoms with Gasteiger partial charge in [0, 0.05) is 25.7 Å². The predicted octanol–water partition coefficient (Wildman–Crippen LogP) is 0.496. The molecule has 0 aliphatic carbocycles. The van der Waals surface area contributed by atoms with Crippen LogP contribution in [0.2, 0.25) is 0 Å². The summed E-state index contributed by atoms with van der Waals surface area (Å²) in [5, 5.41) is 0. The minimum Gasteiger partial charge on any atom is -0.373 e. The van der Waals surface area contributed by atoms with Crippen LogP contribution in [0.5, 0.6) is 0 Å². The molecule has 2 unspecified atom stereocenters. The highest BCUT2D eigenvalue weighted by molar-refractivity contribution is 5.74. The van der Waals surface area contributed by atoms with Gasteiger partial charge in [-0.2, -0.15) is 0 Å². The maximum absolute atomic E-state index is 12.1. The summed E-state index contributed by atoms with van der Waals surface area (Å²) in [5.74, 6) is 0. The normalized spacial score (nSPS) is 23.0. The monoisotopic (exact) mass is 229 g/mol. The number of urea groups is 1. The van der Waals surface area contributed by atoms with Crippen LogP contribution in [0.25, 0.3) is 0 Å². The first-order valence-electron chi connectivity index (χ1n) is 6.01. The average molecular weight is 229 g/mol. The summed E-state index contributed by atoms with van der Waals surface area (Å²) in [6.07, 6.45) is -0.0340. The lowest BCUT2D eigenvalue weighted by atomic mass is 10.1. The highest BCUT2D eigenvalue weighted by atomic mass is 16.5. The third-order valence-electron chi connectivity index (χ3n) is 2.98. The highest BCUT2D eigenvalue weighted by Gasteiger charge is 2.28. The van der Waals surface area contributed by atoms with E-state index in [9.17, 15) is 4.79 Å². The summed E-state index contributed by atoms with van der Waals surface area (Å²) in [5.41, 5.74) is 5.79. The summed E-state index contributed by atoms with van der Waals surface area (Å²) in [7, 11) is 0. The van der Waals surface area contributed by atoms with Crippen molar-refractivity contribution < 1.29 is 9.53 Å². The number of amides is 2. The molecule has 16 heavy (non-hydrogen) atoms. The Kier molecular flexibility index (Phi) is 5.02. The molecule has 0 spiro atoms. The Hall–Kier alpha value is -0.810. The van der Waals surface area contributed by atoms with Crippen LogP contribution in [0.3, 0.4) is 0 Å². The number of carbonyl (C=O) groups is 1. The highest BCUT2D eigenvalue weighted by Crippen LogP contribution is 2.10. The molecule has 2 atom stereocenters. The van der Waals surface area contributed by atoms with Crippen molar-refractivity contribution in [2.45, 2.75) is 32.9 Å². The fourth-order valence-electron chi connectivity index (χ4n) is 1.86. The van der Waals surface area contributed by atoms with Gasteiger partial charge in [-0.25, -0.2) is 4.79 Å². The van der Waals surface area contributed by atoms with Crippen molar-refractivity contribution in [2.24, 2.45) is 5.73 Å². The zero-order chi connectivity index (χ0) is 12.1. The SMILES string of the molecule is CCN(CC)C(=O)N1CCOC(C(C)N)C1. The smallest absolute Gasteiger partial charge is 0.320 e. The van der Waals surface area contributed by atoms with E-state index in [2.05, 4.69) is 0 Å². The lowest BCUT2D eigenvalue weighted by molar-refractivity contribution is -0.0280. The Morgan fingerprint density at radius 1 is 1.56 bits per heavy atom. The molecular weight excluding hydrogens is 206 g/mol. The van der Waals surface area contributed by atoms with E-state index < -0.39 is 0 Å². The average Bonchev–Trinajstić information content (AvgIpc) is 2.30. The standard InChI is InChI=1S/C11H23N3O2/c1-4-13(5-2)11(15)14-6-7-16-10(8-14)9(3)12/h9-10H,4-8,12H2,1-3H3. The first-order chi connectivity index (χ1) is 7.60. The second kappa shape index (κ2) is 6.06. The first kappa shape index (κ1) is 13.3. The van der Waals surface area contributed by atoms with E-state index in [-0.39, 0.29) is 18.2 Å². The number of hydrogen-bond acceptors (Lipinski definition) is 3. The second-order valence-electron chi connectivity index (χ2n) is 4.17. The van der Waals surface area contributed by atoms with Gasteiger partial charge in [0.15, 0.2) is 0 Å². The molecule has 1 aliphatic rings. The zero-order valence-corrected chi connectivity index (χ0v) is 10.5. The molecule has 1 aliphatic heterocycles. The first-order valence-corrected chi connectivity index (χ1v) is 6.01. The van der Waals surface area contributed by atoms with Gasteiger partial charge >= 0.3 is 6.03 Å². The van der Waals surface area contributed by atoms with Crippen molar-refractivity contribution in [3.63, 3.8) is 0 Å². The van der Waals surface area contributed by atoms with Gasteiger partial charge in [0.2, 0.25) is 0 Å². The molecule has 0 aromatic rings. The van der Waals surface area contributed by atoms with E-state index in [1.165, 1.54) is 0 Å². The van der Waals surface area contributed by atoms with Crippen molar-refractivity contribution >= 4 is 6.03 Å². The summed E-state index contributed by atoms with van der Waals surface area (Å²) in [6, 6.07) is 0.0613. The van der Waals surface area contributed by atoms with Crippen LogP contribution in [0.1, 0.15) is 20.8 Å². The molecule has 94 valence electrons. The number of hydrogen-bond donors (Lipinski definition) is 1. The number of ether oxygens (including phenoxy) is 1. The summed E-state index contributed by atoms with van der Waals surface area (Å²) >= 11 is 0. The van der Waals surface area contributed by atoms with Gasteiger partial charge in [0.1, 0.15) is 0 Å². The molecule has 1 saturated heterocycles. The van der Waals surface area contributed by atoms with Gasteiger partial charge in [-0.05, 0) is 20.8 Å². The van der Waals surface area contributed by atoms with E-state index in [1.54, 1.807) is 0 Å². The largest absolute Gasteiger partial charge is 0.373 e. The van der Waals surface area contributed by atoms with Crippen LogP contribution in [0.15, 0.2) is 0 Å². The van der Waals surface area contributed by atoms with E-state index >= 15 is 0 Å². The maximum atomic E-state index is 12.1. The third kappa shape index (κ3) is 3.09. The van der Waals surface area contributed by atoms with Gasteiger partial charge < -0.3 is 20.3 Å². The van der Waals surface area contributed by atoms with Crippen molar-refractivity contribution in [2.75, 3.05) is 32.8 Å². The predicted molar refractivity (Wildman–Crippen MR) is 63.3 cm³/mol. The number of nitrogens with zero attached hydrogens (tertiary/aromatic N) is 2. The lowest BCUT2D eigenvalue weighted by Crippen LogP contribution is -2.54. The summed E-state index contributed by atoms with van der Waals surface area (Å²) in [6.45, 7) is 9.24. The van der Waals surface area contributed by atoms with Crippen molar-refractivity contribution in [3.8, 4) is 0 Å². The third-order valence-corrected chi connectivity index (χ3v) is 2.98. The molecule has 0 aromatic heterocycles. The molecule has 0 bridgehead atoms. The van der Waals surface area contributed by atoms with Gasteiger partial charge in [-0.3, -0.25) is 0 Å². The van der Waals surface area contributed by atoms with Gasteiger partial charge in [0.05, 0.1) is 19.3 Å². The van der Waals surface area contributed by atoms with Crippen LogP contribution in [0.4, 0.5) is 4.79 Å². The number of carbonyl (C=O) groups excluding carboxylic acids is 1. The maximum Gasteiger partial charge on any atom is 0.320 e. The van der Waals surface area contributed by atoms with E-state index in [4.69, 9.17) is 10.5 Å². The molecule has 1 fully saturated rings. The number of nitrogens with two attached hydrogens (primary N) is 1. The van der Waals surface area contributed by atoms with E-state index in [1.807, 2.05) is 30.6 Å². The number of morpholine rings is 1.